The summed E-state index contributed by atoms with van der Waals surface area (Å²) in [5, 5.41) is 14.6. The fourth-order valence-electron chi connectivity index (χ4n) is 2.86. The van der Waals surface area contributed by atoms with Gasteiger partial charge in [0.1, 0.15) is 0 Å². The third-order valence-electron chi connectivity index (χ3n) is 4.00. The van der Waals surface area contributed by atoms with Gasteiger partial charge >= 0.3 is 12.0 Å². The number of hydrogen-bond donors (Lipinski definition) is 3. The van der Waals surface area contributed by atoms with Gasteiger partial charge in [-0.15, -0.1) is 0 Å². The Morgan fingerprint density at radius 2 is 2.11 bits per heavy atom. The summed E-state index contributed by atoms with van der Waals surface area (Å²) in [7, 11) is 0. The van der Waals surface area contributed by atoms with Crippen LogP contribution in [0.4, 0.5) is 4.79 Å². The summed E-state index contributed by atoms with van der Waals surface area (Å²) >= 11 is 0. The van der Waals surface area contributed by atoms with E-state index in [1.807, 2.05) is 6.92 Å². The van der Waals surface area contributed by atoms with Crippen LogP contribution in [0.1, 0.15) is 39.0 Å². The SMILES string of the molecule is CC(NC(=O)NC1CCC(C(=O)O)C1)C1CCCO1. The highest BCUT2D eigenvalue weighted by atomic mass is 16.5. The Kier molecular flexibility index (Phi) is 4.63. The molecule has 3 N–H and O–H groups in total. The van der Waals surface area contributed by atoms with E-state index in [9.17, 15) is 9.59 Å². The van der Waals surface area contributed by atoms with Crippen LogP contribution in [0, 0.1) is 5.92 Å². The number of urea groups is 1. The summed E-state index contributed by atoms with van der Waals surface area (Å²) in [4.78, 5) is 22.7. The number of carbonyl (C=O) groups excluding carboxylic acids is 1. The maximum atomic E-state index is 11.8. The monoisotopic (exact) mass is 270 g/mol. The van der Waals surface area contributed by atoms with Crippen molar-refractivity contribution in [2.45, 2.75) is 57.2 Å². The van der Waals surface area contributed by atoms with Gasteiger partial charge in [0.2, 0.25) is 0 Å². The molecule has 0 bridgehead atoms. The van der Waals surface area contributed by atoms with Gasteiger partial charge in [-0.05, 0) is 39.0 Å². The van der Waals surface area contributed by atoms with E-state index in [0.29, 0.717) is 12.8 Å². The molecule has 2 aliphatic rings. The van der Waals surface area contributed by atoms with Gasteiger partial charge in [-0.1, -0.05) is 0 Å². The smallest absolute Gasteiger partial charge is 0.315 e. The Morgan fingerprint density at radius 1 is 1.32 bits per heavy atom. The predicted octanol–water partition coefficient (Wildman–Crippen LogP) is 1.11. The molecule has 0 aromatic heterocycles. The molecule has 1 saturated carbocycles. The highest BCUT2D eigenvalue weighted by molar-refractivity contribution is 5.75. The van der Waals surface area contributed by atoms with Gasteiger partial charge in [-0.3, -0.25) is 4.79 Å². The maximum absolute atomic E-state index is 11.8. The zero-order valence-electron chi connectivity index (χ0n) is 11.2. The zero-order valence-corrected chi connectivity index (χ0v) is 11.2. The van der Waals surface area contributed by atoms with Crippen LogP contribution in [0.3, 0.4) is 0 Å². The Bertz CT molecular complexity index is 342. The molecule has 1 aliphatic carbocycles. The first kappa shape index (κ1) is 14.1. The molecule has 0 spiro atoms. The van der Waals surface area contributed by atoms with Crippen molar-refractivity contribution in [3.8, 4) is 0 Å². The van der Waals surface area contributed by atoms with Gasteiger partial charge in [-0.25, -0.2) is 4.79 Å². The molecule has 0 radical (unpaired) electrons. The molecule has 2 amide bonds. The number of carboxylic acid groups (broad SMARTS) is 1. The molecule has 2 rings (SSSR count). The van der Waals surface area contributed by atoms with Crippen molar-refractivity contribution in [3.05, 3.63) is 0 Å². The van der Waals surface area contributed by atoms with E-state index in [1.54, 1.807) is 0 Å². The molecule has 0 aromatic carbocycles. The Morgan fingerprint density at radius 3 is 2.68 bits per heavy atom. The van der Waals surface area contributed by atoms with E-state index >= 15 is 0 Å². The van der Waals surface area contributed by atoms with Crippen molar-refractivity contribution < 1.29 is 19.4 Å². The van der Waals surface area contributed by atoms with Gasteiger partial charge in [0.05, 0.1) is 18.1 Å². The van der Waals surface area contributed by atoms with E-state index in [1.165, 1.54) is 0 Å². The van der Waals surface area contributed by atoms with E-state index < -0.39 is 5.97 Å². The van der Waals surface area contributed by atoms with Crippen molar-refractivity contribution in [1.29, 1.82) is 0 Å². The van der Waals surface area contributed by atoms with Crippen LogP contribution in [0.5, 0.6) is 0 Å². The number of carboxylic acids is 1. The quantitative estimate of drug-likeness (QED) is 0.714. The minimum Gasteiger partial charge on any atom is -0.481 e. The second-order valence-electron chi connectivity index (χ2n) is 5.50. The van der Waals surface area contributed by atoms with Crippen molar-refractivity contribution >= 4 is 12.0 Å². The van der Waals surface area contributed by atoms with E-state index in [2.05, 4.69) is 10.6 Å². The molecular weight excluding hydrogens is 248 g/mol. The van der Waals surface area contributed by atoms with Crippen LogP contribution >= 0.6 is 0 Å². The molecule has 4 atom stereocenters. The molecule has 1 heterocycles. The molecule has 6 nitrogen and oxygen atoms in total. The summed E-state index contributed by atoms with van der Waals surface area (Å²) in [6.45, 7) is 2.70. The van der Waals surface area contributed by atoms with Gasteiger partial charge in [-0.2, -0.15) is 0 Å². The average Bonchev–Trinajstić information content (AvgIpc) is 2.98. The predicted molar refractivity (Wildman–Crippen MR) is 68.9 cm³/mol. The number of hydrogen-bond acceptors (Lipinski definition) is 3. The Balaban J connectivity index is 1.71. The molecule has 1 aliphatic heterocycles. The largest absolute Gasteiger partial charge is 0.481 e. The topological polar surface area (TPSA) is 87.7 Å². The van der Waals surface area contributed by atoms with Crippen LogP contribution < -0.4 is 10.6 Å². The minimum atomic E-state index is -0.766. The third kappa shape index (κ3) is 3.83. The standard InChI is InChI=1S/C13H22N2O4/c1-8(11-3-2-6-19-11)14-13(18)15-10-5-4-9(7-10)12(16)17/h8-11H,2-7H2,1H3,(H,16,17)(H2,14,15,18). The van der Waals surface area contributed by atoms with Crippen molar-refractivity contribution in [1.82, 2.24) is 10.6 Å². The number of ether oxygens (including phenoxy) is 1. The zero-order chi connectivity index (χ0) is 13.8. The van der Waals surface area contributed by atoms with Crippen molar-refractivity contribution in [2.24, 2.45) is 5.92 Å². The molecule has 6 heteroatoms. The van der Waals surface area contributed by atoms with Crippen LogP contribution in [0.2, 0.25) is 0 Å². The number of nitrogens with one attached hydrogen (secondary N) is 2. The van der Waals surface area contributed by atoms with Gasteiger partial charge in [0.15, 0.2) is 0 Å². The van der Waals surface area contributed by atoms with Crippen LogP contribution in [-0.2, 0) is 9.53 Å². The summed E-state index contributed by atoms with van der Waals surface area (Å²) in [6.07, 6.45) is 4.02. The number of amides is 2. The minimum absolute atomic E-state index is 0.0147. The summed E-state index contributed by atoms with van der Waals surface area (Å²) in [5.74, 6) is -1.08. The van der Waals surface area contributed by atoms with Gasteiger partial charge in [0, 0.05) is 12.6 Å². The van der Waals surface area contributed by atoms with E-state index in [0.717, 1.165) is 25.9 Å². The summed E-state index contributed by atoms with van der Waals surface area (Å²) < 4.78 is 5.51. The van der Waals surface area contributed by atoms with Crippen LogP contribution in [0.25, 0.3) is 0 Å². The molecular formula is C13H22N2O4. The van der Waals surface area contributed by atoms with Gasteiger partial charge in [0.25, 0.3) is 0 Å². The molecule has 0 aromatic rings. The van der Waals surface area contributed by atoms with E-state index in [4.69, 9.17) is 9.84 Å². The third-order valence-corrected chi connectivity index (χ3v) is 4.00. The average molecular weight is 270 g/mol. The Hall–Kier alpha value is -1.30. The second kappa shape index (κ2) is 6.23. The lowest BCUT2D eigenvalue weighted by atomic mass is 10.1. The summed E-state index contributed by atoms with van der Waals surface area (Å²) in [5.41, 5.74) is 0. The normalized spacial score (nSPS) is 31.9. The number of aliphatic carboxylic acids is 1. The number of rotatable bonds is 4. The fraction of sp³-hybridized carbons (Fsp3) is 0.846. The molecule has 4 unspecified atom stereocenters. The molecule has 19 heavy (non-hydrogen) atoms. The molecule has 2 fully saturated rings. The second-order valence-corrected chi connectivity index (χ2v) is 5.50. The van der Waals surface area contributed by atoms with Gasteiger partial charge < -0.3 is 20.5 Å². The highest BCUT2D eigenvalue weighted by Gasteiger charge is 2.31. The molecule has 108 valence electrons. The first-order chi connectivity index (χ1) is 9.06. The molecule has 1 saturated heterocycles. The maximum Gasteiger partial charge on any atom is 0.315 e. The lowest BCUT2D eigenvalue weighted by Crippen LogP contribution is -2.48. The lowest BCUT2D eigenvalue weighted by Gasteiger charge is -2.21. The van der Waals surface area contributed by atoms with E-state index in [-0.39, 0.29) is 30.1 Å². The van der Waals surface area contributed by atoms with Crippen molar-refractivity contribution in [3.63, 3.8) is 0 Å². The van der Waals surface area contributed by atoms with Crippen LogP contribution in [0.15, 0.2) is 0 Å². The fourth-order valence-corrected chi connectivity index (χ4v) is 2.86. The summed E-state index contributed by atoms with van der Waals surface area (Å²) in [6, 6.07) is -0.268. The lowest BCUT2D eigenvalue weighted by molar-refractivity contribution is -0.141. The van der Waals surface area contributed by atoms with Crippen LogP contribution in [-0.4, -0.2) is 41.9 Å². The first-order valence-electron chi connectivity index (χ1n) is 6.97. The number of carbonyl (C=O) groups is 2. The Labute approximate surface area is 112 Å². The highest BCUT2D eigenvalue weighted by Crippen LogP contribution is 2.25. The van der Waals surface area contributed by atoms with Crippen molar-refractivity contribution in [2.75, 3.05) is 6.61 Å². The first-order valence-corrected chi connectivity index (χ1v) is 6.97.